The van der Waals surface area contributed by atoms with Crippen molar-refractivity contribution in [3.8, 4) is 0 Å². The van der Waals surface area contributed by atoms with Crippen molar-refractivity contribution >= 4 is 35.9 Å². The second-order valence-electron chi connectivity index (χ2n) is 6.18. The van der Waals surface area contributed by atoms with Crippen molar-refractivity contribution < 1.29 is 26.3 Å². The lowest BCUT2D eigenvalue weighted by Gasteiger charge is -2.19. The van der Waals surface area contributed by atoms with E-state index in [4.69, 9.17) is 0 Å². The lowest BCUT2D eigenvalue weighted by Crippen LogP contribution is -2.40. The minimum atomic E-state index is -4.57. The molecule has 172 valence electrons. The van der Waals surface area contributed by atoms with E-state index in [1.807, 2.05) is 0 Å². The summed E-state index contributed by atoms with van der Waals surface area (Å²) in [6.45, 7) is 2.10. The summed E-state index contributed by atoms with van der Waals surface area (Å²) in [7, 11) is 1.48. The Balaban J connectivity index is 0.00000480. The number of hydrogen-bond donors (Lipinski definition) is 3. The minimum absolute atomic E-state index is 0. The number of anilines is 1. The number of aromatic nitrogens is 2. The van der Waals surface area contributed by atoms with Crippen molar-refractivity contribution in [2.24, 2.45) is 4.99 Å². The van der Waals surface area contributed by atoms with Gasteiger partial charge in [0.1, 0.15) is 5.69 Å². The van der Waals surface area contributed by atoms with E-state index in [0.29, 0.717) is 11.5 Å². The molecule has 2 aromatic rings. The quantitative estimate of drug-likeness (QED) is 0.159. The van der Waals surface area contributed by atoms with E-state index in [9.17, 15) is 26.3 Å². The summed E-state index contributed by atoms with van der Waals surface area (Å²) >= 11 is 0. The van der Waals surface area contributed by atoms with Gasteiger partial charge in [-0.3, -0.25) is 4.99 Å². The van der Waals surface area contributed by atoms with Gasteiger partial charge >= 0.3 is 12.4 Å². The maximum Gasteiger partial charge on any atom is 0.433 e. The fourth-order valence-corrected chi connectivity index (χ4v) is 2.42. The maximum atomic E-state index is 12.9. The predicted octanol–water partition coefficient (Wildman–Crippen LogP) is 4.47. The Morgan fingerprint density at radius 2 is 1.77 bits per heavy atom. The molecule has 1 atom stereocenters. The van der Waals surface area contributed by atoms with Gasteiger partial charge in [-0.05, 0) is 30.7 Å². The number of nitrogens with one attached hydrogen (secondary N) is 3. The first kappa shape index (κ1) is 26.7. The van der Waals surface area contributed by atoms with Gasteiger partial charge in [0.2, 0.25) is 5.95 Å². The van der Waals surface area contributed by atoms with Gasteiger partial charge in [0.15, 0.2) is 5.96 Å². The van der Waals surface area contributed by atoms with E-state index in [1.165, 1.54) is 13.1 Å². The molecule has 0 amide bonds. The summed E-state index contributed by atoms with van der Waals surface area (Å²) < 4.78 is 76.5. The number of aliphatic imine (C=N–C) groups is 1. The van der Waals surface area contributed by atoms with Crippen LogP contribution >= 0.6 is 24.0 Å². The van der Waals surface area contributed by atoms with Gasteiger partial charge < -0.3 is 16.0 Å². The highest BCUT2D eigenvalue weighted by Crippen LogP contribution is 2.30. The summed E-state index contributed by atoms with van der Waals surface area (Å²) in [4.78, 5) is 11.1. The van der Waals surface area contributed by atoms with Crippen LogP contribution in [0.2, 0.25) is 0 Å². The molecule has 0 saturated heterocycles. The monoisotopic (exact) mass is 562 g/mol. The van der Waals surface area contributed by atoms with Crippen molar-refractivity contribution in [3.05, 3.63) is 53.3 Å². The molecule has 0 bridgehead atoms. The molecule has 13 heteroatoms. The van der Waals surface area contributed by atoms with Crippen molar-refractivity contribution in [2.45, 2.75) is 25.3 Å². The van der Waals surface area contributed by atoms with Crippen LogP contribution in [0.3, 0.4) is 0 Å². The van der Waals surface area contributed by atoms with Gasteiger partial charge in [-0.15, -0.1) is 24.0 Å². The van der Waals surface area contributed by atoms with Crippen LogP contribution in [0.25, 0.3) is 0 Å². The Hall–Kier alpha value is -2.32. The summed E-state index contributed by atoms with van der Waals surface area (Å²) in [6, 6.07) is 5.23. The summed E-state index contributed by atoms with van der Waals surface area (Å²) in [5.74, 6) is 0.138. The van der Waals surface area contributed by atoms with Crippen LogP contribution in [0.15, 0.2) is 41.5 Å². The Bertz CT molecular complexity index is 871. The molecule has 0 aliphatic rings. The van der Waals surface area contributed by atoms with Crippen LogP contribution in [0, 0.1) is 0 Å². The number of rotatable bonds is 6. The van der Waals surface area contributed by atoms with Crippen LogP contribution in [0.4, 0.5) is 32.3 Å². The van der Waals surface area contributed by atoms with E-state index in [-0.39, 0.29) is 43.0 Å². The Morgan fingerprint density at radius 3 is 2.39 bits per heavy atom. The second kappa shape index (κ2) is 11.3. The summed E-state index contributed by atoms with van der Waals surface area (Å²) in [6.07, 6.45) is -8.00. The van der Waals surface area contributed by atoms with Crippen molar-refractivity contribution in [3.63, 3.8) is 0 Å². The van der Waals surface area contributed by atoms with Crippen LogP contribution in [-0.2, 0) is 12.4 Å². The third-order valence-corrected chi connectivity index (χ3v) is 3.94. The second-order valence-corrected chi connectivity index (χ2v) is 6.18. The van der Waals surface area contributed by atoms with E-state index in [0.717, 1.165) is 24.4 Å². The highest BCUT2D eigenvalue weighted by Gasteiger charge is 2.33. The fourth-order valence-electron chi connectivity index (χ4n) is 2.42. The first-order chi connectivity index (χ1) is 14.0. The molecule has 6 nitrogen and oxygen atoms in total. The molecule has 31 heavy (non-hydrogen) atoms. The molecule has 1 aromatic heterocycles. The van der Waals surface area contributed by atoms with E-state index in [1.54, 1.807) is 13.0 Å². The topological polar surface area (TPSA) is 74.2 Å². The maximum absolute atomic E-state index is 12.9. The summed E-state index contributed by atoms with van der Waals surface area (Å²) in [5, 5.41) is 8.51. The van der Waals surface area contributed by atoms with Gasteiger partial charge in [-0.25, -0.2) is 9.97 Å². The Kier molecular flexibility index (Phi) is 9.77. The third kappa shape index (κ3) is 8.38. The van der Waals surface area contributed by atoms with Crippen LogP contribution < -0.4 is 16.0 Å². The van der Waals surface area contributed by atoms with E-state index >= 15 is 0 Å². The molecule has 0 radical (unpaired) electrons. The number of alkyl halides is 6. The Labute approximate surface area is 192 Å². The van der Waals surface area contributed by atoms with Gasteiger partial charge in [-0.1, -0.05) is 12.1 Å². The fraction of sp³-hybridized carbons (Fsp3) is 0.389. The predicted molar refractivity (Wildman–Crippen MR) is 115 cm³/mol. The molecule has 0 fully saturated rings. The van der Waals surface area contributed by atoms with E-state index in [2.05, 4.69) is 30.9 Å². The normalized spacial score (nSPS) is 13.2. The first-order valence-corrected chi connectivity index (χ1v) is 8.79. The molecule has 1 unspecified atom stereocenters. The minimum Gasteiger partial charge on any atom is -0.355 e. The molecular formula is C18H21F6IN6. The zero-order chi connectivity index (χ0) is 22.4. The van der Waals surface area contributed by atoms with Crippen molar-refractivity contribution in [1.29, 1.82) is 0 Å². The molecule has 1 aromatic carbocycles. The molecule has 3 N–H and O–H groups in total. The van der Waals surface area contributed by atoms with Gasteiger partial charge in [0.05, 0.1) is 11.6 Å². The molecular weight excluding hydrogens is 541 g/mol. The summed E-state index contributed by atoms with van der Waals surface area (Å²) in [5.41, 5.74) is -1.38. The number of halogens is 7. The average Bonchev–Trinajstić information content (AvgIpc) is 2.69. The van der Waals surface area contributed by atoms with Crippen LogP contribution in [0.1, 0.15) is 29.8 Å². The molecule has 1 heterocycles. The first-order valence-electron chi connectivity index (χ1n) is 8.79. The smallest absolute Gasteiger partial charge is 0.355 e. The number of nitrogens with zero attached hydrogens (tertiary/aromatic N) is 3. The van der Waals surface area contributed by atoms with Gasteiger partial charge in [0, 0.05) is 26.3 Å². The SMILES string of the molecule is CN=C(NCCNc1nccc(C(F)(F)F)n1)NC(C)c1cccc(C(F)(F)F)c1.I. The lowest BCUT2D eigenvalue weighted by molar-refractivity contribution is -0.141. The molecule has 0 spiro atoms. The molecule has 2 rings (SSSR count). The highest BCUT2D eigenvalue weighted by molar-refractivity contribution is 14.0. The molecule has 0 aliphatic heterocycles. The van der Waals surface area contributed by atoms with Crippen molar-refractivity contribution in [1.82, 2.24) is 20.6 Å². The number of guanidine groups is 1. The Morgan fingerprint density at radius 1 is 1.06 bits per heavy atom. The number of hydrogen-bond acceptors (Lipinski definition) is 4. The zero-order valence-electron chi connectivity index (χ0n) is 16.5. The third-order valence-electron chi connectivity index (χ3n) is 3.94. The van der Waals surface area contributed by atoms with Gasteiger partial charge in [0.25, 0.3) is 0 Å². The van der Waals surface area contributed by atoms with Gasteiger partial charge in [-0.2, -0.15) is 26.3 Å². The standard InChI is InChI=1S/C18H20F6N6.HI/c1-11(12-4-3-5-13(10-12)17(19,20)21)29-15(25-2)27-8-9-28-16-26-7-6-14(30-16)18(22,23)24;/h3-7,10-11H,8-9H2,1-2H3,(H2,25,27,29)(H,26,28,30);1H. The van der Waals surface area contributed by atoms with Crippen LogP contribution in [0.5, 0.6) is 0 Å². The highest BCUT2D eigenvalue weighted by atomic mass is 127. The van der Waals surface area contributed by atoms with Crippen molar-refractivity contribution in [2.75, 3.05) is 25.5 Å². The zero-order valence-corrected chi connectivity index (χ0v) is 18.8. The molecule has 0 aliphatic carbocycles. The molecule has 0 saturated carbocycles. The average molecular weight is 562 g/mol. The number of benzene rings is 1. The lowest BCUT2D eigenvalue weighted by atomic mass is 10.1. The van der Waals surface area contributed by atoms with E-state index < -0.39 is 29.7 Å². The van der Waals surface area contributed by atoms with Crippen LogP contribution in [-0.4, -0.2) is 36.1 Å². The largest absolute Gasteiger partial charge is 0.433 e.